The summed E-state index contributed by atoms with van der Waals surface area (Å²) in [6, 6.07) is 17.7. The molecule has 0 aromatic heterocycles. The second-order valence-electron chi connectivity index (χ2n) is 9.77. The number of benzene rings is 3. The van der Waals surface area contributed by atoms with Gasteiger partial charge in [0.2, 0.25) is 0 Å². The van der Waals surface area contributed by atoms with Crippen molar-refractivity contribution >= 4 is 17.8 Å². The average Bonchev–Trinajstić information content (AvgIpc) is 2.91. The van der Waals surface area contributed by atoms with Gasteiger partial charge in [0.25, 0.3) is 5.91 Å². The predicted octanol–water partition coefficient (Wildman–Crippen LogP) is 6.30. The summed E-state index contributed by atoms with van der Waals surface area (Å²) in [5, 5.41) is 12.3. The van der Waals surface area contributed by atoms with Crippen molar-refractivity contribution in [2.24, 2.45) is 0 Å². The molecule has 1 atom stereocenters. The maximum Gasteiger partial charge on any atom is 0.343 e. The van der Waals surface area contributed by atoms with Crippen LogP contribution in [0.15, 0.2) is 66.7 Å². The van der Waals surface area contributed by atoms with Crippen LogP contribution in [0.1, 0.15) is 76.4 Å². The molecule has 206 valence electrons. The molecular weight excluding hydrogens is 494 g/mol. The lowest BCUT2D eigenvalue weighted by atomic mass is 10.0. The van der Waals surface area contributed by atoms with Gasteiger partial charge in [0.15, 0.2) is 0 Å². The Balaban J connectivity index is 1.52. The molecule has 0 spiro atoms. The molecule has 3 aromatic rings. The first-order valence-corrected chi connectivity index (χ1v) is 13.4. The molecule has 39 heavy (non-hydrogen) atoms. The Bertz CT molecular complexity index is 1230. The summed E-state index contributed by atoms with van der Waals surface area (Å²) in [5.74, 6) is -1.03. The maximum atomic E-state index is 12.6. The van der Waals surface area contributed by atoms with E-state index < -0.39 is 23.9 Å². The standard InChI is InChI=1S/C32H37NO6/c1-4-5-6-7-8-17-38-27-15-11-25(12-16-27)32(37)39-28-13-9-24(10-14-28)21-29(31(35)36)33-30(34)26-19-22(2)18-23(3)20-26/h9-16,18-20,29H,4-8,17,21H2,1-3H3,(H,33,34)(H,35,36)/t29-/m0/s1. The molecule has 0 fully saturated rings. The van der Waals surface area contributed by atoms with Crippen LogP contribution >= 0.6 is 0 Å². The first-order chi connectivity index (χ1) is 18.7. The van der Waals surface area contributed by atoms with Gasteiger partial charge in [0.1, 0.15) is 17.5 Å². The third kappa shape index (κ3) is 9.60. The molecule has 1 amide bonds. The zero-order valence-corrected chi connectivity index (χ0v) is 22.9. The highest BCUT2D eigenvalue weighted by atomic mass is 16.5. The van der Waals surface area contributed by atoms with Crippen molar-refractivity contribution in [3.63, 3.8) is 0 Å². The van der Waals surface area contributed by atoms with Crippen molar-refractivity contribution in [3.8, 4) is 11.5 Å². The largest absolute Gasteiger partial charge is 0.494 e. The van der Waals surface area contributed by atoms with Crippen molar-refractivity contribution < 1.29 is 29.0 Å². The van der Waals surface area contributed by atoms with Gasteiger partial charge < -0.3 is 19.9 Å². The number of carboxylic acids is 1. The Labute approximate surface area is 230 Å². The summed E-state index contributed by atoms with van der Waals surface area (Å²) >= 11 is 0. The Morgan fingerprint density at radius 3 is 2.03 bits per heavy atom. The van der Waals surface area contributed by atoms with E-state index in [-0.39, 0.29) is 6.42 Å². The van der Waals surface area contributed by atoms with E-state index in [1.165, 1.54) is 19.3 Å². The van der Waals surface area contributed by atoms with Crippen LogP contribution < -0.4 is 14.8 Å². The highest BCUT2D eigenvalue weighted by Gasteiger charge is 2.21. The van der Waals surface area contributed by atoms with Gasteiger partial charge in [-0.2, -0.15) is 0 Å². The lowest BCUT2D eigenvalue weighted by Crippen LogP contribution is -2.42. The lowest BCUT2D eigenvalue weighted by Gasteiger charge is -2.15. The van der Waals surface area contributed by atoms with E-state index in [4.69, 9.17) is 9.47 Å². The minimum absolute atomic E-state index is 0.0835. The number of hydrogen-bond acceptors (Lipinski definition) is 5. The fraction of sp³-hybridized carbons (Fsp3) is 0.344. The minimum Gasteiger partial charge on any atom is -0.494 e. The smallest absolute Gasteiger partial charge is 0.343 e. The number of hydrogen-bond donors (Lipinski definition) is 2. The number of amides is 1. The number of rotatable bonds is 14. The van der Waals surface area contributed by atoms with Crippen LogP contribution in [-0.4, -0.2) is 35.6 Å². The van der Waals surface area contributed by atoms with E-state index in [0.717, 1.165) is 24.0 Å². The topological polar surface area (TPSA) is 102 Å². The zero-order chi connectivity index (χ0) is 28.2. The minimum atomic E-state index is -1.13. The van der Waals surface area contributed by atoms with Gasteiger partial charge in [-0.1, -0.05) is 61.9 Å². The van der Waals surface area contributed by atoms with Crippen molar-refractivity contribution in [1.29, 1.82) is 0 Å². The average molecular weight is 532 g/mol. The molecule has 3 aromatic carbocycles. The zero-order valence-electron chi connectivity index (χ0n) is 22.9. The molecular formula is C32H37NO6. The van der Waals surface area contributed by atoms with Gasteiger partial charge in [-0.25, -0.2) is 9.59 Å². The highest BCUT2D eigenvalue weighted by Crippen LogP contribution is 2.18. The molecule has 0 saturated carbocycles. The second-order valence-corrected chi connectivity index (χ2v) is 9.77. The van der Waals surface area contributed by atoms with Gasteiger partial charge in [0, 0.05) is 12.0 Å². The van der Waals surface area contributed by atoms with E-state index in [2.05, 4.69) is 12.2 Å². The first kappa shape index (κ1) is 29.4. The normalized spacial score (nSPS) is 11.5. The number of ether oxygens (including phenoxy) is 2. The fourth-order valence-corrected chi connectivity index (χ4v) is 4.23. The van der Waals surface area contributed by atoms with Crippen molar-refractivity contribution in [3.05, 3.63) is 94.5 Å². The van der Waals surface area contributed by atoms with Gasteiger partial charge in [0.05, 0.1) is 12.2 Å². The molecule has 3 rings (SSSR count). The number of carbonyl (C=O) groups is 3. The van der Waals surface area contributed by atoms with Crippen molar-refractivity contribution in [2.75, 3.05) is 6.61 Å². The SMILES string of the molecule is CCCCCCCOc1ccc(C(=O)Oc2ccc(C[C@H](NC(=O)c3cc(C)cc(C)c3)C(=O)O)cc2)cc1. The predicted molar refractivity (Wildman–Crippen MR) is 151 cm³/mol. The van der Waals surface area contributed by atoms with Gasteiger partial charge >= 0.3 is 11.9 Å². The Morgan fingerprint density at radius 1 is 0.795 bits per heavy atom. The van der Waals surface area contributed by atoms with E-state index >= 15 is 0 Å². The quantitative estimate of drug-likeness (QED) is 0.144. The molecule has 7 heteroatoms. The number of aliphatic carboxylic acids is 1. The van der Waals surface area contributed by atoms with Crippen molar-refractivity contribution in [1.82, 2.24) is 5.32 Å². The van der Waals surface area contributed by atoms with Crippen LogP contribution in [0.3, 0.4) is 0 Å². The molecule has 0 radical (unpaired) electrons. The molecule has 0 bridgehead atoms. The van der Waals surface area contributed by atoms with E-state index in [0.29, 0.717) is 34.8 Å². The number of nitrogens with one attached hydrogen (secondary N) is 1. The fourth-order valence-electron chi connectivity index (χ4n) is 4.23. The molecule has 7 nitrogen and oxygen atoms in total. The van der Waals surface area contributed by atoms with Crippen LogP contribution in [0.25, 0.3) is 0 Å². The summed E-state index contributed by atoms with van der Waals surface area (Å²) in [6.07, 6.45) is 5.91. The Morgan fingerprint density at radius 2 is 1.41 bits per heavy atom. The highest BCUT2D eigenvalue weighted by molar-refractivity contribution is 5.97. The molecule has 0 aliphatic rings. The molecule has 0 heterocycles. The van der Waals surface area contributed by atoms with Crippen LogP contribution in [0.2, 0.25) is 0 Å². The number of esters is 1. The molecule has 0 unspecified atom stereocenters. The third-order valence-electron chi connectivity index (χ3n) is 6.27. The molecule has 0 aliphatic heterocycles. The lowest BCUT2D eigenvalue weighted by molar-refractivity contribution is -0.139. The summed E-state index contributed by atoms with van der Waals surface area (Å²) in [6.45, 7) is 6.60. The van der Waals surface area contributed by atoms with E-state index in [1.807, 2.05) is 19.9 Å². The summed E-state index contributed by atoms with van der Waals surface area (Å²) in [7, 11) is 0. The Kier molecular flexibility index (Phi) is 11.1. The summed E-state index contributed by atoms with van der Waals surface area (Å²) in [4.78, 5) is 37.0. The molecule has 2 N–H and O–H groups in total. The van der Waals surface area contributed by atoms with Crippen LogP contribution in [0, 0.1) is 13.8 Å². The number of carboxylic acid groups (broad SMARTS) is 1. The van der Waals surface area contributed by atoms with E-state index in [1.54, 1.807) is 60.7 Å². The monoisotopic (exact) mass is 531 g/mol. The number of carbonyl (C=O) groups excluding carboxylic acids is 2. The Hall–Kier alpha value is -4.13. The van der Waals surface area contributed by atoms with Gasteiger partial charge in [-0.3, -0.25) is 4.79 Å². The van der Waals surface area contributed by atoms with Crippen LogP contribution in [0.4, 0.5) is 0 Å². The maximum absolute atomic E-state index is 12.6. The molecule has 0 aliphatic carbocycles. The van der Waals surface area contributed by atoms with Gasteiger partial charge in [-0.15, -0.1) is 0 Å². The van der Waals surface area contributed by atoms with Gasteiger partial charge in [-0.05, 0) is 74.4 Å². The first-order valence-electron chi connectivity index (χ1n) is 13.4. The summed E-state index contributed by atoms with van der Waals surface area (Å²) in [5.41, 5.74) is 3.35. The summed E-state index contributed by atoms with van der Waals surface area (Å²) < 4.78 is 11.2. The van der Waals surface area contributed by atoms with E-state index in [9.17, 15) is 19.5 Å². The third-order valence-corrected chi connectivity index (χ3v) is 6.27. The van der Waals surface area contributed by atoms with Crippen LogP contribution in [0.5, 0.6) is 11.5 Å². The second kappa shape index (κ2) is 14.7. The molecule has 0 saturated heterocycles. The number of aryl methyl sites for hydroxylation is 2. The number of unbranched alkanes of at least 4 members (excludes halogenated alkanes) is 4. The van der Waals surface area contributed by atoms with Crippen molar-refractivity contribution in [2.45, 2.75) is 65.3 Å². The van der Waals surface area contributed by atoms with Crippen LogP contribution in [-0.2, 0) is 11.2 Å².